The van der Waals surface area contributed by atoms with Crippen LogP contribution in [0.2, 0.25) is 0 Å². The topological polar surface area (TPSA) is 37.8 Å². The van der Waals surface area contributed by atoms with Crippen molar-refractivity contribution in [3.05, 3.63) is 23.8 Å². The summed E-state index contributed by atoms with van der Waals surface area (Å²) in [5.41, 5.74) is 1.19. The van der Waals surface area contributed by atoms with Crippen LogP contribution in [0.25, 0.3) is 0 Å². The fourth-order valence-electron chi connectivity index (χ4n) is 2.24. The van der Waals surface area contributed by atoms with Gasteiger partial charge in [0.1, 0.15) is 5.82 Å². The first kappa shape index (κ1) is 11.5. The highest BCUT2D eigenvalue weighted by Crippen LogP contribution is 2.12. The van der Waals surface area contributed by atoms with Crippen LogP contribution in [0.1, 0.15) is 44.1 Å². The second-order valence-electron chi connectivity index (χ2n) is 4.50. The van der Waals surface area contributed by atoms with E-state index < -0.39 is 0 Å². The van der Waals surface area contributed by atoms with Gasteiger partial charge in [-0.2, -0.15) is 0 Å². The first-order valence-corrected chi connectivity index (χ1v) is 6.42. The van der Waals surface area contributed by atoms with Crippen LogP contribution >= 0.6 is 0 Å². The maximum absolute atomic E-state index is 4.54. The summed E-state index contributed by atoms with van der Waals surface area (Å²) in [4.78, 5) is 8.76. The third kappa shape index (κ3) is 3.27. The van der Waals surface area contributed by atoms with E-state index >= 15 is 0 Å². The minimum atomic E-state index is 0.703. The summed E-state index contributed by atoms with van der Waals surface area (Å²) in [6, 6.07) is 2.75. The SMILES string of the molecule is CCc1nccc(CCC2CCCCN2)n1. The summed E-state index contributed by atoms with van der Waals surface area (Å²) in [5.74, 6) is 0.967. The summed E-state index contributed by atoms with van der Waals surface area (Å²) >= 11 is 0. The highest BCUT2D eigenvalue weighted by Gasteiger charge is 2.12. The van der Waals surface area contributed by atoms with Gasteiger partial charge in [0.2, 0.25) is 0 Å². The molecular formula is C13H21N3. The van der Waals surface area contributed by atoms with E-state index in [2.05, 4.69) is 22.2 Å². The molecule has 0 spiro atoms. The first-order valence-electron chi connectivity index (χ1n) is 6.42. The molecule has 1 fully saturated rings. The van der Waals surface area contributed by atoms with Crippen molar-refractivity contribution in [3.63, 3.8) is 0 Å². The Kier molecular flexibility index (Phi) is 4.28. The van der Waals surface area contributed by atoms with Crippen LogP contribution in [0.5, 0.6) is 0 Å². The quantitative estimate of drug-likeness (QED) is 0.843. The Hall–Kier alpha value is -0.960. The van der Waals surface area contributed by atoms with Crippen LogP contribution < -0.4 is 5.32 Å². The molecule has 1 atom stereocenters. The highest BCUT2D eigenvalue weighted by atomic mass is 14.9. The fraction of sp³-hybridized carbons (Fsp3) is 0.692. The average Bonchev–Trinajstić information content (AvgIpc) is 2.38. The smallest absolute Gasteiger partial charge is 0.128 e. The average molecular weight is 219 g/mol. The molecule has 3 nitrogen and oxygen atoms in total. The Balaban J connectivity index is 1.83. The molecular weight excluding hydrogens is 198 g/mol. The third-order valence-corrected chi connectivity index (χ3v) is 3.24. The predicted molar refractivity (Wildman–Crippen MR) is 65.4 cm³/mol. The van der Waals surface area contributed by atoms with Crippen molar-refractivity contribution < 1.29 is 0 Å². The predicted octanol–water partition coefficient (Wildman–Crippen LogP) is 2.11. The van der Waals surface area contributed by atoms with E-state index in [1.807, 2.05) is 12.3 Å². The maximum atomic E-state index is 4.54. The lowest BCUT2D eigenvalue weighted by Gasteiger charge is -2.23. The standard InChI is InChI=1S/C13H21N3/c1-2-13-15-10-8-12(16-13)7-6-11-5-3-4-9-14-11/h8,10-11,14H,2-7,9H2,1H3. The summed E-state index contributed by atoms with van der Waals surface area (Å²) in [5, 5.41) is 3.57. The Morgan fingerprint density at radius 2 is 2.38 bits per heavy atom. The lowest BCUT2D eigenvalue weighted by molar-refractivity contribution is 0.381. The highest BCUT2D eigenvalue weighted by molar-refractivity contribution is 5.03. The van der Waals surface area contributed by atoms with Gasteiger partial charge < -0.3 is 5.32 Å². The molecule has 1 aromatic rings. The van der Waals surface area contributed by atoms with Crippen LogP contribution in [-0.4, -0.2) is 22.6 Å². The number of nitrogens with zero attached hydrogens (tertiary/aromatic N) is 2. The maximum Gasteiger partial charge on any atom is 0.128 e. The minimum absolute atomic E-state index is 0.703. The molecule has 0 bridgehead atoms. The van der Waals surface area contributed by atoms with Crippen LogP contribution in [0.15, 0.2) is 12.3 Å². The summed E-state index contributed by atoms with van der Waals surface area (Å²) in [6.07, 6.45) is 9.13. The van der Waals surface area contributed by atoms with Gasteiger partial charge in [0, 0.05) is 24.4 Å². The molecule has 3 heteroatoms. The molecule has 0 saturated carbocycles. The van der Waals surface area contributed by atoms with Crippen molar-refractivity contribution in [3.8, 4) is 0 Å². The number of aryl methyl sites for hydroxylation is 2. The normalized spacial score (nSPS) is 20.9. The zero-order chi connectivity index (χ0) is 11.2. The van der Waals surface area contributed by atoms with Crippen LogP contribution in [0.4, 0.5) is 0 Å². The van der Waals surface area contributed by atoms with Gasteiger partial charge in [-0.3, -0.25) is 0 Å². The Morgan fingerprint density at radius 1 is 1.44 bits per heavy atom. The number of rotatable bonds is 4. The molecule has 1 aliphatic rings. The van der Waals surface area contributed by atoms with E-state index in [1.54, 1.807) is 0 Å². The molecule has 1 N–H and O–H groups in total. The van der Waals surface area contributed by atoms with Crippen LogP contribution in [-0.2, 0) is 12.8 Å². The van der Waals surface area contributed by atoms with E-state index in [1.165, 1.54) is 37.9 Å². The largest absolute Gasteiger partial charge is 0.314 e. The van der Waals surface area contributed by atoms with Gasteiger partial charge >= 0.3 is 0 Å². The Bertz CT molecular complexity index is 319. The van der Waals surface area contributed by atoms with E-state index in [0.29, 0.717) is 6.04 Å². The van der Waals surface area contributed by atoms with Crippen molar-refractivity contribution in [2.24, 2.45) is 0 Å². The number of nitrogens with one attached hydrogen (secondary N) is 1. The van der Waals surface area contributed by atoms with Gasteiger partial charge in [-0.05, 0) is 38.3 Å². The molecule has 0 amide bonds. The van der Waals surface area contributed by atoms with Crippen molar-refractivity contribution >= 4 is 0 Å². The molecule has 2 rings (SSSR count). The zero-order valence-corrected chi connectivity index (χ0v) is 10.1. The van der Waals surface area contributed by atoms with Gasteiger partial charge in [0.25, 0.3) is 0 Å². The molecule has 16 heavy (non-hydrogen) atoms. The second kappa shape index (κ2) is 5.94. The number of hydrogen-bond donors (Lipinski definition) is 1. The van der Waals surface area contributed by atoms with Gasteiger partial charge in [0.05, 0.1) is 0 Å². The second-order valence-corrected chi connectivity index (χ2v) is 4.50. The minimum Gasteiger partial charge on any atom is -0.314 e. The van der Waals surface area contributed by atoms with Gasteiger partial charge in [-0.1, -0.05) is 13.3 Å². The van der Waals surface area contributed by atoms with E-state index in [4.69, 9.17) is 0 Å². The Morgan fingerprint density at radius 3 is 3.12 bits per heavy atom. The van der Waals surface area contributed by atoms with Gasteiger partial charge in [0.15, 0.2) is 0 Å². The third-order valence-electron chi connectivity index (χ3n) is 3.24. The van der Waals surface area contributed by atoms with Gasteiger partial charge in [-0.25, -0.2) is 9.97 Å². The van der Waals surface area contributed by atoms with Crippen molar-refractivity contribution in [1.29, 1.82) is 0 Å². The van der Waals surface area contributed by atoms with Crippen LogP contribution in [0, 0.1) is 0 Å². The molecule has 1 unspecified atom stereocenters. The Labute approximate surface area is 97.7 Å². The van der Waals surface area contributed by atoms with Crippen molar-refractivity contribution in [1.82, 2.24) is 15.3 Å². The molecule has 0 radical (unpaired) electrons. The van der Waals surface area contributed by atoms with Gasteiger partial charge in [-0.15, -0.1) is 0 Å². The van der Waals surface area contributed by atoms with Crippen molar-refractivity contribution in [2.45, 2.75) is 51.5 Å². The number of aromatic nitrogens is 2. The lowest BCUT2D eigenvalue weighted by Crippen LogP contribution is -2.34. The molecule has 0 aromatic carbocycles. The monoisotopic (exact) mass is 219 g/mol. The molecule has 1 aliphatic heterocycles. The summed E-state index contributed by atoms with van der Waals surface area (Å²) < 4.78 is 0. The fourth-order valence-corrected chi connectivity index (χ4v) is 2.24. The van der Waals surface area contributed by atoms with Crippen LogP contribution in [0.3, 0.4) is 0 Å². The van der Waals surface area contributed by atoms with Crippen molar-refractivity contribution in [2.75, 3.05) is 6.54 Å². The molecule has 2 heterocycles. The number of hydrogen-bond acceptors (Lipinski definition) is 3. The zero-order valence-electron chi connectivity index (χ0n) is 10.1. The molecule has 88 valence electrons. The molecule has 1 saturated heterocycles. The lowest BCUT2D eigenvalue weighted by atomic mass is 10.00. The molecule has 0 aliphatic carbocycles. The number of piperidine rings is 1. The molecule has 1 aromatic heterocycles. The first-order chi connectivity index (χ1) is 7.88. The van der Waals surface area contributed by atoms with E-state index in [9.17, 15) is 0 Å². The summed E-state index contributed by atoms with van der Waals surface area (Å²) in [6.45, 7) is 3.29. The van der Waals surface area contributed by atoms with E-state index in [0.717, 1.165) is 18.7 Å². The summed E-state index contributed by atoms with van der Waals surface area (Å²) in [7, 11) is 0. The van der Waals surface area contributed by atoms with E-state index in [-0.39, 0.29) is 0 Å².